The minimum Gasteiger partial charge on any atom is -0.463 e. The number of amides is 2. The van der Waals surface area contributed by atoms with Gasteiger partial charge in [0.1, 0.15) is 5.60 Å². The summed E-state index contributed by atoms with van der Waals surface area (Å²) in [5, 5.41) is 4.85. The quantitative estimate of drug-likeness (QED) is 0.359. The van der Waals surface area contributed by atoms with Gasteiger partial charge in [0.25, 0.3) is 0 Å². The molecule has 0 spiro atoms. The lowest BCUT2D eigenvalue weighted by Gasteiger charge is -2.27. The van der Waals surface area contributed by atoms with Gasteiger partial charge in [0.2, 0.25) is 5.91 Å². The SMILES string of the molecule is CCOC(=O)/C=C/c1ccc2ccc(CO[C@H](C)[C@H](CCC(N)=O)NC(=O)OC(C)(C)C)cc2c1. The Bertz CT molecular complexity index is 1060. The fraction of sp³-hybridized carbons (Fsp3) is 0.444. The Morgan fingerprint density at radius 3 is 2.46 bits per heavy atom. The normalized spacial score (nSPS) is 13.4. The molecule has 2 amide bonds. The van der Waals surface area contributed by atoms with E-state index in [1.165, 1.54) is 6.08 Å². The van der Waals surface area contributed by atoms with Crippen molar-refractivity contribution in [3.8, 4) is 0 Å². The summed E-state index contributed by atoms with van der Waals surface area (Å²) in [6.07, 6.45) is 2.61. The Kier molecular flexibility index (Phi) is 10.3. The van der Waals surface area contributed by atoms with Crippen molar-refractivity contribution in [2.75, 3.05) is 6.61 Å². The summed E-state index contributed by atoms with van der Waals surface area (Å²) >= 11 is 0. The van der Waals surface area contributed by atoms with Crippen molar-refractivity contribution < 1.29 is 28.6 Å². The van der Waals surface area contributed by atoms with E-state index in [1.807, 2.05) is 43.3 Å². The highest BCUT2D eigenvalue weighted by atomic mass is 16.6. The summed E-state index contributed by atoms with van der Waals surface area (Å²) in [6.45, 7) is 9.58. The van der Waals surface area contributed by atoms with Gasteiger partial charge in [-0.25, -0.2) is 9.59 Å². The van der Waals surface area contributed by atoms with Crippen molar-refractivity contribution in [2.45, 2.75) is 71.8 Å². The third-order valence-corrected chi connectivity index (χ3v) is 5.11. The van der Waals surface area contributed by atoms with Gasteiger partial charge in [-0.2, -0.15) is 0 Å². The largest absolute Gasteiger partial charge is 0.463 e. The van der Waals surface area contributed by atoms with Crippen molar-refractivity contribution >= 4 is 34.8 Å². The number of nitrogens with one attached hydrogen (secondary N) is 1. The third-order valence-electron chi connectivity index (χ3n) is 5.11. The minimum absolute atomic E-state index is 0.117. The first-order chi connectivity index (χ1) is 16.5. The van der Waals surface area contributed by atoms with Crippen LogP contribution in [-0.4, -0.2) is 42.3 Å². The molecule has 0 aromatic heterocycles. The fourth-order valence-corrected chi connectivity index (χ4v) is 3.39. The molecule has 0 saturated carbocycles. The third kappa shape index (κ3) is 10.2. The van der Waals surface area contributed by atoms with E-state index in [2.05, 4.69) is 5.32 Å². The lowest BCUT2D eigenvalue weighted by molar-refractivity contribution is -0.137. The van der Waals surface area contributed by atoms with Crippen LogP contribution in [0.25, 0.3) is 16.8 Å². The average molecular weight is 485 g/mol. The Morgan fingerprint density at radius 1 is 1.09 bits per heavy atom. The maximum absolute atomic E-state index is 12.3. The van der Waals surface area contributed by atoms with Crippen LogP contribution >= 0.6 is 0 Å². The minimum atomic E-state index is -0.641. The highest BCUT2D eigenvalue weighted by molar-refractivity contribution is 5.89. The number of carbonyl (C=O) groups excluding carboxylic acids is 3. The zero-order chi connectivity index (χ0) is 26.0. The number of primary amides is 1. The van der Waals surface area contributed by atoms with Gasteiger partial charge < -0.3 is 25.3 Å². The van der Waals surface area contributed by atoms with Gasteiger partial charge in [-0.3, -0.25) is 4.79 Å². The standard InChI is InChI=1S/C27H36N2O6/c1-6-33-25(31)14-9-19-7-10-21-11-8-20(16-22(21)15-19)17-34-18(2)23(12-13-24(28)30)29-26(32)35-27(3,4)5/h7-11,14-16,18,23H,6,12-13,17H2,1-5H3,(H2,28,30)(H,29,32)/b14-9+/t18-,23+/m1/s1. The Balaban J connectivity index is 2.08. The predicted octanol–water partition coefficient (Wildman–Crippen LogP) is 4.48. The van der Waals surface area contributed by atoms with Crippen LogP contribution in [0.3, 0.4) is 0 Å². The number of fused-ring (bicyclic) bond motifs is 1. The Hall–Kier alpha value is -3.39. The number of carbonyl (C=O) groups is 3. The monoisotopic (exact) mass is 484 g/mol. The second kappa shape index (κ2) is 12.9. The summed E-state index contributed by atoms with van der Waals surface area (Å²) in [5.41, 5.74) is 6.49. The Morgan fingerprint density at radius 2 is 1.80 bits per heavy atom. The summed E-state index contributed by atoms with van der Waals surface area (Å²) in [6, 6.07) is 11.4. The first kappa shape index (κ1) is 27.9. The second-order valence-electron chi connectivity index (χ2n) is 9.30. The molecule has 0 fully saturated rings. The van der Waals surface area contributed by atoms with Crippen LogP contribution < -0.4 is 11.1 Å². The van der Waals surface area contributed by atoms with Crippen LogP contribution in [0.2, 0.25) is 0 Å². The van der Waals surface area contributed by atoms with E-state index in [-0.39, 0.29) is 12.4 Å². The van der Waals surface area contributed by atoms with E-state index in [9.17, 15) is 14.4 Å². The van der Waals surface area contributed by atoms with E-state index >= 15 is 0 Å². The van der Waals surface area contributed by atoms with Gasteiger partial charge in [0, 0.05) is 12.5 Å². The maximum Gasteiger partial charge on any atom is 0.407 e. The number of rotatable bonds is 11. The predicted molar refractivity (Wildman–Crippen MR) is 135 cm³/mol. The number of hydrogen-bond donors (Lipinski definition) is 2. The number of esters is 1. The molecule has 35 heavy (non-hydrogen) atoms. The zero-order valence-electron chi connectivity index (χ0n) is 21.1. The lowest BCUT2D eigenvalue weighted by Crippen LogP contribution is -2.45. The second-order valence-corrected chi connectivity index (χ2v) is 9.30. The van der Waals surface area contributed by atoms with Crippen LogP contribution in [0.15, 0.2) is 42.5 Å². The number of nitrogens with two attached hydrogens (primary N) is 1. The van der Waals surface area contributed by atoms with Gasteiger partial charge in [-0.1, -0.05) is 24.3 Å². The van der Waals surface area contributed by atoms with Crippen LogP contribution in [0, 0.1) is 0 Å². The van der Waals surface area contributed by atoms with Crippen LogP contribution in [0.1, 0.15) is 58.6 Å². The molecule has 8 nitrogen and oxygen atoms in total. The molecule has 2 aromatic carbocycles. The molecular formula is C27H36N2O6. The van der Waals surface area contributed by atoms with Crippen molar-refractivity contribution in [3.05, 3.63) is 53.6 Å². The van der Waals surface area contributed by atoms with Crippen molar-refractivity contribution in [3.63, 3.8) is 0 Å². The molecule has 8 heteroatoms. The summed E-state index contributed by atoms with van der Waals surface area (Å²) in [4.78, 5) is 35.1. The molecule has 0 bridgehead atoms. The van der Waals surface area contributed by atoms with E-state index in [4.69, 9.17) is 19.9 Å². The number of hydrogen-bond acceptors (Lipinski definition) is 6. The first-order valence-corrected chi connectivity index (χ1v) is 11.7. The molecule has 0 aliphatic heterocycles. The molecular weight excluding hydrogens is 448 g/mol. The molecule has 2 atom stereocenters. The topological polar surface area (TPSA) is 117 Å². The fourth-order valence-electron chi connectivity index (χ4n) is 3.39. The first-order valence-electron chi connectivity index (χ1n) is 11.7. The van der Waals surface area contributed by atoms with Gasteiger partial charge in [0.15, 0.2) is 0 Å². The van der Waals surface area contributed by atoms with Crippen molar-refractivity contribution in [1.82, 2.24) is 5.32 Å². The highest BCUT2D eigenvalue weighted by Crippen LogP contribution is 2.20. The molecule has 0 aliphatic rings. The van der Waals surface area contributed by atoms with Gasteiger partial charge in [0.05, 0.1) is 25.4 Å². The molecule has 2 aromatic rings. The maximum atomic E-state index is 12.3. The van der Waals surface area contributed by atoms with Crippen LogP contribution in [-0.2, 0) is 30.4 Å². The molecule has 190 valence electrons. The van der Waals surface area contributed by atoms with E-state index in [0.29, 0.717) is 19.6 Å². The molecule has 0 radical (unpaired) electrons. The zero-order valence-corrected chi connectivity index (χ0v) is 21.1. The number of ether oxygens (including phenoxy) is 3. The average Bonchev–Trinajstić information content (AvgIpc) is 2.77. The molecule has 3 N–H and O–H groups in total. The van der Waals surface area contributed by atoms with Gasteiger partial charge in [-0.05, 0) is 81.1 Å². The van der Waals surface area contributed by atoms with Crippen LogP contribution in [0.4, 0.5) is 4.79 Å². The van der Waals surface area contributed by atoms with E-state index in [0.717, 1.165) is 21.9 Å². The van der Waals surface area contributed by atoms with Crippen LogP contribution in [0.5, 0.6) is 0 Å². The van der Waals surface area contributed by atoms with Gasteiger partial charge in [-0.15, -0.1) is 0 Å². The molecule has 0 aliphatic carbocycles. The molecule has 0 saturated heterocycles. The number of alkyl carbamates (subject to hydrolysis) is 1. The number of benzene rings is 2. The highest BCUT2D eigenvalue weighted by Gasteiger charge is 2.24. The van der Waals surface area contributed by atoms with Crippen molar-refractivity contribution in [2.24, 2.45) is 5.73 Å². The summed E-state index contributed by atoms with van der Waals surface area (Å²) in [7, 11) is 0. The van der Waals surface area contributed by atoms with Gasteiger partial charge >= 0.3 is 12.1 Å². The van der Waals surface area contributed by atoms with E-state index in [1.54, 1.807) is 33.8 Å². The van der Waals surface area contributed by atoms with E-state index < -0.39 is 29.7 Å². The molecule has 0 heterocycles. The van der Waals surface area contributed by atoms with Crippen molar-refractivity contribution in [1.29, 1.82) is 0 Å². The lowest BCUT2D eigenvalue weighted by atomic mass is 10.0. The Labute approximate surface area is 206 Å². The molecule has 0 unspecified atom stereocenters. The smallest absolute Gasteiger partial charge is 0.407 e. The summed E-state index contributed by atoms with van der Waals surface area (Å²) < 4.78 is 16.3. The molecule has 2 rings (SSSR count). The summed E-state index contributed by atoms with van der Waals surface area (Å²) in [5.74, 6) is -0.829.